The second kappa shape index (κ2) is 5.95. The van der Waals surface area contributed by atoms with Crippen molar-refractivity contribution in [2.24, 2.45) is 0 Å². The molecule has 1 unspecified atom stereocenters. The van der Waals surface area contributed by atoms with E-state index in [1.54, 1.807) is 25.1 Å². The van der Waals surface area contributed by atoms with Crippen molar-refractivity contribution in [2.75, 3.05) is 13.4 Å². The van der Waals surface area contributed by atoms with Gasteiger partial charge in [0.2, 0.25) is 12.7 Å². The summed E-state index contributed by atoms with van der Waals surface area (Å²) in [6.07, 6.45) is 2.99. The number of benzene rings is 1. The van der Waals surface area contributed by atoms with Crippen molar-refractivity contribution in [2.45, 2.75) is 13.0 Å². The molecule has 1 aliphatic heterocycles. The molecule has 102 valence electrons. The van der Waals surface area contributed by atoms with E-state index < -0.39 is 0 Å². The smallest absolute Gasteiger partial charge is 0.244 e. The predicted molar refractivity (Wildman–Crippen MR) is 71.3 cm³/mol. The van der Waals surface area contributed by atoms with Crippen LogP contribution in [-0.4, -0.2) is 30.5 Å². The Kier molecular flexibility index (Phi) is 4.29. The Balaban J connectivity index is 2.07. The summed E-state index contributed by atoms with van der Waals surface area (Å²) in [7, 11) is 0. The number of carbonyl (C=O) groups is 1. The van der Waals surface area contributed by atoms with Crippen LogP contribution >= 0.6 is 11.6 Å². The average Bonchev–Trinajstić information content (AvgIpc) is 2.85. The number of nitrogens with one attached hydrogen (secondary N) is 1. The molecule has 1 aliphatic rings. The Hall–Kier alpha value is -1.72. The molecular weight excluding hydrogens is 270 g/mol. The van der Waals surface area contributed by atoms with Crippen LogP contribution in [0.4, 0.5) is 0 Å². The zero-order chi connectivity index (χ0) is 13.8. The number of halogens is 1. The van der Waals surface area contributed by atoms with Crippen molar-refractivity contribution < 1.29 is 19.4 Å². The molecule has 6 heteroatoms. The number of hydrogen-bond acceptors (Lipinski definition) is 4. The van der Waals surface area contributed by atoms with Crippen molar-refractivity contribution in [1.82, 2.24) is 5.32 Å². The van der Waals surface area contributed by atoms with Crippen molar-refractivity contribution in [1.29, 1.82) is 0 Å². The standard InChI is InChI=1S/C13H14ClNO4/c1-8(6-16)15-12(17)3-2-9-4-10(14)13-11(5-9)18-7-19-13/h2-5,8,16H,6-7H2,1H3,(H,15,17)/b3-2+. The molecule has 0 aliphatic carbocycles. The first kappa shape index (κ1) is 13.7. The molecule has 2 rings (SSSR count). The van der Waals surface area contributed by atoms with Crippen LogP contribution in [0.15, 0.2) is 18.2 Å². The van der Waals surface area contributed by atoms with Gasteiger partial charge in [0.05, 0.1) is 11.6 Å². The fourth-order valence-corrected chi connectivity index (χ4v) is 1.87. The van der Waals surface area contributed by atoms with E-state index >= 15 is 0 Å². The molecule has 2 N–H and O–H groups in total. The number of rotatable bonds is 4. The molecule has 0 bridgehead atoms. The van der Waals surface area contributed by atoms with Gasteiger partial charge < -0.3 is 19.9 Å². The highest BCUT2D eigenvalue weighted by Gasteiger charge is 2.17. The van der Waals surface area contributed by atoms with Gasteiger partial charge in [0.15, 0.2) is 11.5 Å². The Labute approximate surface area is 115 Å². The van der Waals surface area contributed by atoms with Crippen LogP contribution in [0.5, 0.6) is 11.5 Å². The monoisotopic (exact) mass is 283 g/mol. The van der Waals surface area contributed by atoms with Gasteiger partial charge in [-0.25, -0.2) is 0 Å². The Morgan fingerprint density at radius 3 is 3.11 bits per heavy atom. The summed E-state index contributed by atoms with van der Waals surface area (Å²) < 4.78 is 10.4. The van der Waals surface area contributed by atoms with Crippen molar-refractivity contribution in [3.63, 3.8) is 0 Å². The first-order valence-electron chi connectivity index (χ1n) is 5.78. The van der Waals surface area contributed by atoms with Crippen molar-refractivity contribution in [3.05, 3.63) is 28.8 Å². The molecule has 5 nitrogen and oxygen atoms in total. The third-order valence-corrected chi connectivity index (χ3v) is 2.82. The normalized spacial score (nSPS) is 14.7. The zero-order valence-electron chi connectivity index (χ0n) is 10.4. The van der Waals surface area contributed by atoms with E-state index in [0.29, 0.717) is 16.5 Å². The topological polar surface area (TPSA) is 67.8 Å². The van der Waals surface area contributed by atoms with E-state index in [0.717, 1.165) is 5.56 Å². The van der Waals surface area contributed by atoms with E-state index in [1.807, 2.05) is 0 Å². The summed E-state index contributed by atoms with van der Waals surface area (Å²) in [6.45, 7) is 1.76. The summed E-state index contributed by atoms with van der Waals surface area (Å²) >= 11 is 6.02. The molecule has 1 aromatic rings. The van der Waals surface area contributed by atoms with Gasteiger partial charge >= 0.3 is 0 Å². The fraction of sp³-hybridized carbons (Fsp3) is 0.308. The maximum Gasteiger partial charge on any atom is 0.244 e. The number of aliphatic hydroxyl groups is 1. The van der Waals surface area contributed by atoms with E-state index in [9.17, 15) is 4.79 Å². The summed E-state index contributed by atoms with van der Waals surface area (Å²) in [5.74, 6) is 0.809. The fourth-order valence-electron chi connectivity index (χ4n) is 1.59. The summed E-state index contributed by atoms with van der Waals surface area (Å²) in [4.78, 5) is 11.5. The molecule has 0 saturated carbocycles. The highest BCUT2D eigenvalue weighted by Crippen LogP contribution is 2.39. The van der Waals surface area contributed by atoms with E-state index in [-0.39, 0.29) is 25.3 Å². The molecule has 0 saturated heterocycles. The summed E-state index contributed by atoms with van der Waals surface area (Å²) in [6, 6.07) is 3.15. The quantitative estimate of drug-likeness (QED) is 0.823. The van der Waals surface area contributed by atoms with Crippen LogP contribution in [-0.2, 0) is 4.79 Å². The molecular formula is C13H14ClNO4. The van der Waals surface area contributed by atoms with Gasteiger partial charge in [0, 0.05) is 12.1 Å². The van der Waals surface area contributed by atoms with Crippen LogP contribution in [0.2, 0.25) is 5.02 Å². The molecule has 0 spiro atoms. The number of amides is 1. The highest BCUT2D eigenvalue weighted by molar-refractivity contribution is 6.32. The third-order valence-electron chi connectivity index (χ3n) is 2.54. The largest absolute Gasteiger partial charge is 0.454 e. The lowest BCUT2D eigenvalue weighted by Crippen LogP contribution is -2.33. The van der Waals surface area contributed by atoms with Gasteiger partial charge in [-0.2, -0.15) is 0 Å². The minimum absolute atomic E-state index is 0.102. The van der Waals surface area contributed by atoms with Crippen LogP contribution in [0.25, 0.3) is 6.08 Å². The van der Waals surface area contributed by atoms with Gasteiger partial charge in [-0.15, -0.1) is 0 Å². The Morgan fingerprint density at radius 1 is 1.58 bits per heavy atom. The Bertz CT molecular complexity index is 516. The minimum Gasteiger partial charge on any atom is -0.454 e. The first-order valence-corrected chi connectivity index (χ1v) is 6.16. The van der Waals surface area contributed by atoms with Crippen LogP contribution in [0.3, 0.4) is 0 Å². The maximum absolute atomic E-state index is 11.5. The van der Waals surface area contributed by atoms with Crippen LogP contribution in [0, 0.1) is 0 Å². The van der Waals surface area contributed by atoms with Crippen molar-refractivity contribution >= 4 is 23.6 Å². The van der Waals surface area contributed by atoms with E-state index in [2.05, 4.69) is 5.32 Å². The van der Waals surface area contributed by atoms with E-state index in [4.69, 9.17) is 26.2 Å². The lowest BCUT2D eigenvalue weighted by atomic mass is 10.2. The molecule has 1 amide bonds. The number of carbonyl (C=O) groups excluding carboxylic acids is 1. The SMILES string of the molecule is CC(CO)NC(=O)/C=C/c1cc(Cl)c2c(c1)OCO2. The van der Waals surface area contributed by atoms with Gasteiger partial charge in [0.1, 0.15) is 0 Å². The average molecular weight is 284 g/mol. The number of aliphatic hydroxyl groups excluding tert-OH is 1. The molecule has 1 aromatic carbocycles. The van der Waals surface area contributed by atoms with Gasteiger partial charge in [-0.05, 0) is 30.7 Å². The number of fused-ring (bicyclic) bond motifs is 1. The third kappa shape index (κ3) is 3.39. The van der Waals surface area contributed by atoms with Crippen molar-refractivity contribution in [3.8, 4) is 11.5 Å². The van der Waals surface area contributed by atoms with Gasteiger partial charge in [-0.3, -0.25) is 4.79 Å². The maximum atomic E-state index is 11.5. The first-order chi connectivity index (χ1) is 9.10. The second-order valence-corrected chi connectivity index (χ2v) is 4.57. The lowest BCUT2D eigenvalue weighted by molar-refractivity contribution is -0.117. The Morgan fingerprint density at radius 2 is 2.37 bits per heavy atom. The molecule has 0 aromatic heterocycles. The summed E-state index contributed by atoms with van der Waals surface area (Å²) in [5, 5.41) is 11.9. The van der Waals surface area contributed by atoms with Gasteiger partial charge in [-0.1, -0.05) is 11.6 Å². The second-order valence-electron chi connectivity index (χ2n) is 4.16. The number of hydrogen-bond donors (Lipinski definition) is 2. The molecule has 0 radical (unpaired) electrons. The molecule has 19 heavy (non-hydrogen) atoms. The molecule has 0 fully saturated rings. The van der Waals surface area contributed by atoms with E-state index in [1.165, 1.54) is 6.08 Å². The lowest BCUT2D eigenvalue weighted by Gasteiger charge is -2.07. The van der Waals surface area contributed by atoms with Crippen LogP contribution in [0.1, 0.15) is 12.5 Å². The highest BCUT2D eigenvalue weighted by atomic mass is 35.5. The van der Waals surface area contributed by atoms with Crippen LogP contribution < -0.4 is 14.8 Å². The molecule has 1 atom stereocenters. The minimum atomic E-state index is -0.282. The van der Waals surface area contributed by atoms with Gasteiger partial charge in [0.25, 0.3) is 0 Å². The molecule has 1 heterocycles. The summed E-state index contributed by atoms with van der Waals surface area (Å²) in [5.41, 5.74) is 0.737. The zero-order valence-corrected chi connectivity index (χ0v) is 11.1. The predicted octanol–water partition coefficient (Wildman–Crippen LogP) is 1.58. The number of ether oxygens (including phenoxy) is 2.